The lowest BCUT2D eigenvalue weighted by atomic mass is 10.2. The van der Waals surface area contributed by atoms with Gasteiger partial charge in [-0.3, -0.25) is 4.79 Å². The van der Waals surface area contributed by atoms with Crippen LogP contribution in [0.4, 0.5) is 11.4 Å². The van der Waals surface area contributed by atoms with Gasteiger partial charge in [0.1, 0.15) is 11.4 Å². The van der Waals surface area contributed by atoms with E-state index in [2.05, 4.69) is 20.1 Å². The molecule has 1 unspecified atom stereocenters. The largest absolute Gasteiger partial charge is 0.479 e. The van der Waals surface area contributed by atoms with E-state index in [1.807, 2.05) is 0 Å². The van der Waals surface area contributed by atoms with E-state index in [4.69, 9.17) is 4.74 Å². The smallest absolute Gasteiger partial charge is 0.354 e. The van der Waals surface area contributed by atoms with Crippen molar-refractivity contribution in [2.45, 2.75) is 13.0 Å². The van der Waals surface area contributed by atoms with Crippen molar-refractivity contribution in [3.63, 3.8) is 0 Å². The van der Waals surface area contributed by atoms with Crippen LogP contribution in [0, 0.1) is 0 Å². The van der Waals surface area contributed by atoms with Gasteiger partial charge in [-0.05, 0) is 19.1 Å². The number of esters is 2. The maximum absolute atomic E-state index is 11.7. The summed E-state index contributed by atoms with van der Waals surface area (Å²) in [6.45, 7) is 1.62. The number of benzene rings is 1. The number of amides is 1. The summed E-state index contributed by atoms with van der Waals surface area (Å²) < 4.78 is 14.6. The molecule has 8 nitrogen and oxygen atoms in total. The number of ether oxygens (including phenoxy) is 3. The molecule has 1 aliphatic heterocycles. The van der Waals surface area contributed by atoms with Gasteiger partial charge in [0.05, 0.1) is 26.0 Å². The molecule has 2 N–H and O–H groups in total. The van der Waals surface area contributed by atoms with Gasteiger partial charge in [0, 0.05) is 11.8 Å². The number of carbonyl (C=O) groups is 3. The van der Waals surface area contributed by atoms with E-state index in [-0.39, 0.29) is 11.6 Å². The Hall–Kier alpha value is -3.03. The van der Waals surface area contributed by atoms with E-state index in [1.54, 1.807) is 25.1 Å². The average molecular weight is 320 g/mol. The van der Waals surface area contributed by atoms with Gasteiger partial charge in [0.15, 0.2) is 6.10 Å². The molecular formula is C15H16N2O6. The van der Waals surface area contributed by atoms with Crippen LogP contribution in [0.5, 0.6) is 5.75 Å². The van der Waals surface area contributed by atoms with Gasteiger partial charge in [0.2, 0.25) is 0 Å². The van der Waals surface area contributed by atoms with Crippen molar-refractivity contribution < 1.29 is 28.6 Å². The third-order valence-electron chi connectivity index (χ3n) is 3.06. The molecule has 1 atom stereocenters. The fourth-order valence-corrected chi connectivity index (χ4v) is 1.87. The van der Waals surface area contributed by atoms with E-state index in [9.17, 15) is 14.4 Å². The van der Waals surface area contributed by atoms with E-state index in [1.165, 1.54) is 14.2 Å². The number of hydrogen-bond donors (Lipinski definition) is 2. The average Bonchev–Trinajstić information content (AvgIpc) is 2.54. The molecule has 0 saturated carbocycles. The minimum absolute atomic E-state index is 0.0906. The van der Waals surface area contributed by atoms with Crippen molar-refractivity contribution >= 4 is 29.2 Å². The molecule has 1 heterocycles. The van der Waals surface area contributed by atoms with Gasteiger partial charge in [-0.2, -0.15) is 0 Å². The summed E-state index contributed by atoms with van der Waals surface area (Å²) in [6, 6.07) is 4.83. The lowest BCUT2D eigenvalue weighted by Crippen LogP contribution is -2.34. The minimum Gasteiger partial charge on any atom is -0.479 e. The molecule has 122 valence electrons. The molecule has 0 spiro atoms. The Morgan fingerprint density at radius 3 is 2.70 bits per heavy atom. The Kier molecular flexibility index (Phi) is 4.85. The van der Waals surface area contributed by atoms with E-state index >= 15 is 0 Å². The normalized spacial score (nSPS) is 16.6. The van der Waals surface area contributed by atoms with Crippen LogP contribution in [0.25, 0.3) is 0 Å². The molecule has 23 heavy (non-hydrogen) atoms. The van der Waals surface area contributed by atoms with Crippen molar-refractivity contribution in [3.8, 4) is 5.75 Å². The van der Waals surface area contributed by atoms with Crippen LogP contribution in [-0.4, -0.2) is 38.2 Å². The minimum atomic E-state index is -0.726. The SMILES string of the molecule is COC(=O)/C=C(/Nc1ccc2c(c1)OC(C)C(=O)N2)C(=O)OC. The standard InChI is InChI=1S/C15H16N2O6/c1-8-14(19)17-10-5-4-9(6-12(10)23-8)16-11(15(20)22-3)7-13(18)21-2/h4-8,16H,1-3H3,(H,17,19)/b11-7+. The molecular weight excluding hydrogens is 304 g/mol. The highest BCUT2D eigenvalue weighted by atomic mass is 16.5. The molecule has 1 aliphatic rings. The maximum atomic E-state index is 11.7. The molecule has 0 saturated heterocycles. The van der Waals surface area contributed by atoms with E-state index in [0.29, 0.717) is 17.1 Å². The quantitative estimate of drug-likeness (QED) is 0.631. The monoisotopic (exact) mass is 320 g/mol. The molecule has 0 bridgehead atoms. The van der Waals surface area contributed by atoms with Crippen molar-refractivity contribution in [3.05, 3.63) is 30.0 Å². The number of hydrogen-bond acceptors (Lipinski definition) is 7. The summed E-state index contributed by atoms with van der Waals surface area (Å²) in [5.41, 5.74) is 0.912. The van der Waals surface area contributed by atoms with Crippen LogP contribution in [-0.2, 0) is 23.9 Å². The molecule has 0 fully saturated rings. The third kappa shape index (κ3) is 3.79. The molecule has 1 amide bonds. The number of fused-ring (bicyclic) bond motifs is 1. The third-order valence-corrected chi connectivity index (χ3v) is 3.06. The molecule has 8 heteroatoms. The Balaban J connectivity index is 2.26. The van der Waals surface area contributed by atoms with Gasteiger partial charge in [-0.1, -0.05) is 0 Å². The van der Waals surface area contributed by atoms with Crippen LogP contribution in [0.15, 0.2) is 30.0 Å². The van der Waals surface area contributed by atoms with Crippen molar-refractivity contribution in [2.75, 3.05) is 24.9 Å². The fraction of sp³-hybridized carbons (Fsp3) is 0.267. The van der Waals surface area contributed by atoms with Crippen molar-refractivity contribution in [1.82, 2.24) is 0 Å². The second-order valence-corrected chi connectivity index (χ2v) is 4.66. The van der Waals surface area contributed by atoms with Crippen LogP contribution in [0.1, 0.15) is 6.92 Å². The predicted molar refractivity (Wildman–Crippen MR) is 80.9 cm³/mol. The summed E-state index contributed by atoms with van der Waals surface area (Å²) in [5.74, 6) is -1.22. The molecule has 0 aliphatic carbocycles. The van der Waals surface area contributed by atoms with Gasteiger partial charge in [-0.15, -0.1) is 0 Å². The van der Waals surface area contributed by atoms with E-state index < -0.39 is 18.0 Å². The summed E-state index contributed by atoms with van der Waals surface area (Å²) in [7, 11) is 2.40. The predicted octanol–water partition coefficient (Wildman–Crippen LogP) is 1.05. The number of methoxy groups -OCH3 is 2. The highest BCUT2D eigenvalue weighted by Crippen LogP contribution is 2.32. The first-order chi connectivity index (χ1) is 10.9. The topological polar surface area (TPSA) is 103 Å². The van der Waals surface area contributed by atoms with Gasteiger partial charge >= 0.3 is 11.9 Å². The zero-order valence-corrected chi connectivity index (χ0v) is 12.8. The van der Waals surface area contributed by atoms with Crippen molar-refractivity contribution in [1.29, 1.82) is 0 Å². The Bertz CT molecular complexity index is 683. The summed E-state index contributed by atoms with van der Waals surface area (Å²) in [6.07, 6.45) is 0.361. The fourth-order valence-electron chi connectivity index (χ4n) is 1.87. The molecule has 2 rings (SSSR count). The number of rotatable bonds is 4. The van der Waals surface area contributed by atoms with Crippen LogP contribution >= 0.6 is 0 Å². The van der Waals surface area contributed by atoms with Gasteiger partial charge < -0.3 is 24.8 Å². The highest BCUT2D eigenvalue weighted by Gasteiger charge is 2.24. The molecule has 0 radical (unpaired) electrons. The van der Waals surface area contributed by atoms with Crippen LogP contribution < -0.4 is 15.4 Å². The van der Waals surface area contributed by atoms with Crippen molar-refractivity contribution in [2.24, 2.45) is 0 Å². The second-order valence-electron chi connectivity index (χ2n) is 4.66. The lowest BCUT2D eigenvalue weighted by molar-refractivity contribution is -0.138. The first kappa shape index (κ1) is 16.3. The Labute approximate surface area is 132 Å². The first-order valence-electron chi connectivity index (χ1n) is 6.71. The summed E-state index contributed by atoms with van der Waals surface area (Å²) in [5, 5.41) is 5.46. The number of nitrogens with one attached hydrogen (secondary N) is 2. The molecule has 1 aromatic carbocycles. The van der Waals surface area contributed by atoms with Crippen LogP contribution in [0.3, 0.4) is 0 Å². The summed E-state index contributed by atoms with van der Waals surface area (Å²) in [4.78, 5) is 34.6. The Morgan fingerprint density at radius 1 is 1.30 bits per heavy atom. The second kappa shape index (κ2) is 6.82. The zero-order valence-electron chi connectivity index (χ0n) is 12.8. The molecule has 0 aromatic heterocycles. The molecule has 1 aromatic rings. The Morgan fingerprint density at radius 2 is 2.04 bits per heavy atom. The van der Waals surface area contributed by atoms with Gasteiger partial charge in [0.25, 0.3) is 5.91 Å². The maximum Gasteiger partial charge on any atom is 0.354 e. The first-order valence-corrected chi connectivity index (χ1v) is 6.71. The number of anilines is 2. The number of carbonyl (C=O) groups excluding carboxylic acids is 3. The van der Waals surface area contributed by atoms with Crippen LogP contribution in [0.2, 0.25) is 0 Å². The zero-order chi connectivity index (χ0) is 17.0. The highest BCUT2D eigenvalue weighted by molar-refractivity contribution is 6.00. The van der Waals surface area contributed by atoms with E-state index in [0.717, 1.165) is 6.08 Å². The van der Waals surface area contributed by atoms with Gasteiger partial charge in [-0.25, -0.2) is 9.59 Å². The summed E-state index contributed by atoms with van der Waals surface area (Å²) >= 11 is 0. The lowest BCUT2D eigenvalue weighted by Gasteiger charge is -2.23.